The van der Waals surface area contributed by atoms with Gasteiger partial charge in [0, 0.05) is 4.47 Å². The quantitative estimate of drug-likeness (QED) is 0.825. The molecule has 0 amide bonds. The van der Waals surface area contributed by atoms with Gasteiger partial charge in [0.25, 0.3) is 0 Å². The average Bonchev–Trinajstić information content (AvgIpc) is 2.30. The van der Waals surface area contributed by atoms with Gasteiger partial charge in [0.15, 0.2) is 0 Å². The molecule has 1 aromatic rings. The smallest absolute Gasteiger partial charge is 0.106 e. The molecule has 2 rings (SSSR count). The van der Waals surface area contributed by atoms with Gasteiger partial charge in [-0.1, -0.05) is 35.8 Å². The molecule has 0 aliphatic carbocycles. The summed E-state index contributed by atoms with van der Waals surface area (Å²) in [6, 6.07) is 6.38. The van der Waals surface area contributed by atoms with Crippen LogP contribution in [0.2, 0.25) is 0 Å². The van der Waals surface area contributed by atoms with Crippen LogP contribution in [-0.4, -0.2) is 19.8 Å². The third-order valence-corrected chi connectivity index (χ3v) is 3.33. The lowest BCUT2D eigenvalue weighted by molar-refractivity contribution is -0.0905. The first-order valence-corrected chi connectivity index (χ1v) is 6.46. The number of ether oxygens (including phenoxy) is 2. The normalized spacial score (nSPS) is 21.4. The summed E-state index contributed by atoms with van der Waals surface area (Å²) in [5.41, 5.74) is 2.60. The van der Waals surface area contributed by atoms with Gasteiger partial charge < -0.3 is 9.47 Å². The highest BCUT2D eigenvalue weighted by molar-refractivity contribution is 9.10. The van der Waals surface area contributed by atoms with Gasteiger partial charge in [-0.25, -0.2) is 0 Å². The lowest BCUT2D eigenvalue weighted by Gasteiger charge is -2.26. The van der Waals surface area contributed by atoms with Crippen molar-refractivity contribution < 1.29 is 9.47 Å². The molecule has 1 unspecified atom stereocenters. The third kappa shape index (κ3) is 2.65. The van der Waals surface area contributed by atoms with Crippen molar-refractivity contribution in [2.24, 2.45) is 0 Å². The monoisotopic (exact) mass is 284 g/mol. The van der Waals surface area contributed by atoms with Gasteiger partial charge >= 0.3 is 0 Å². The van der Waals surface area contributed by atoms with Crippen LogP contribution in [0.15, 0.2) is 22.7 Å². The fourth-order valence-corrected chi connectivity index (χ4v) is 2.38. The number of hydrogen-bond donors (Lipinski definition) is 0. The predicted octanol–water partition coefficient (Wildman–Crippen LogP) is 3.66. The van der Waals surface area contributed by atoms with Crippen molar-refractivity contribution in [3.63, 3.8) is 0 Å². The van der Waals surface area contributed by atoms with Crippen LogP contribution in [0, 0.1) is 0 Å². The lowest BCUT2D eigenvalue weighted by Crippen LogP contribution is -2.23. The molecular weight excluding hydrogens is 268 g/mol. The standard InChI is InChI=1S/C13H17BrO2/c1-9(2)12-7-10(14)3-4-11(12)13-8-15-5-6-16-13/h3-4,7,9,13H,5-6,8H2,1-2H3. The molecule has 0 N–H and O–H groups in total. The molecule has 0 spiro atoms. The first kappa shape index (κ1) is 12.1. The second-order valence-electron chi connectivity index (χ2n) is 4.36. The first-order valence-electron chi connectivity index (χ1n) is 5.67. The van der Waals surface area contributed by atoms with E-state index >= 15 is 0 Å². The van der Waals surface area contributed by atoms with E-state index in [4.69, 9.17) is 9.47 Å². The van der Waals surface area contributed by atoms with Crippen LogP contribution in [0.1, 0.15) is 37.0 Å². The Labute approximate surface area is 105 Å². The van der Waals surface area contributed by atoms with Crippen LogP contribution < -0.4 is 0 Å². The maximum absolute atomic E-state index is 5.75. The Morgan fingerprint density at radius 3 is 2.75 bits per heavy atom. The number of rotatable bonds is 2. The Bertz CT molecular complexity index is 357. The Morgan fingerprint density at radius 2 is 2.12 bits per heavy atom. The Morgan fingerprint density at radius 1 is 1.31 bits per heavy atom. The summed E-state index contributed by atoms with van der Waals surface area (Å²) in [5, 5.41) is 0. The van der Waals surface area contributed by atoms with E-state index in [1.165, 1.54) is 11.1 Å². The summed E-state index contributed by atoms with van der Waals surface area (Å²) in [6.07, 6.45) is 0.0965. The van der Waals surface area contributed by atoms with Crippen molar-refractivity contribution in [3.8, 4) is 0 Å². The molecule has 2 nitrogen and oxygen atoms in total. The van der Waals surface area contributed by atoms with Crippen LogP contribution in [-0.2, 0) is 9.47 Å². The predicted molar refractivity (Wildman–Crippen MR) is 67.7 cm³/mol. The van der Waals surface area contributed by atoms with Crippen LogP contribution >= 0.6 is 15.9 Å². The van der Waals surface area contributed by atoms with E-state index in [2.05, 4.69) is 48.0 Å². The Balaban J connectivity index is 2.31. The lowest BCUT2D eigenvalue weighted by atomic mass is 9.94. The van der Waals surface area contributed by atoms with E-state index in [1.807, 2.05) is 0 Å². The van der Waals surface area contributed by atoms with Gasteiger partial charge in [0.2, 0.25) is 0 Å². The molecule has 1 fully saturated rings. The van der Waals surface area contributed by atoms with Crippen molar-refractivity contribution in [2.75, 3.05) is 19.8 Å². The fraction of sp³-hybridized carbons (Fsp3) is 0.538. The van der Waals surface area contributed by atoms with E-state index < -0.39 is 0 Å². The van der Waals surface area contributed by atoms with Crippen LogP contribution in [0.3, 0.4) is 0 Å². The van der Waals surface area contributed by atoms with Crippen LogP contribution in [0.4, 0.5) is 0 Å². The molecule has 1 atom stereocenters. The topological polar surface area (TPSA) is 18.5 Å². The van der Waals surface area contributed by atoms with Crippen molar-refractivity contribution >= 4 is 15.9 Å². The maximum Gasteiger partial charge on any atom is 0.106 e. The molecule has 16 heavy (non-hydrogen) atoms. The average molecular weight is 285 g/mol. The largest absolute Gasteiger partial charge is 0.376 e. The zero-order chi connectivity index (χ0) is 11.5. The number of halogens is 1. The fourth-order valence-electron chi connectivity index (χ4n) is 2.01. The molecule has 1 aromatic carbocycles. The minimum absolute atomic E-state index is 0.0965. The van der Waals surface area contributed by atoms with Gasteiger partial charge in [0.1, 0.15) is 6.10 Å². The van der Waals surface area contributed by atoms with E-state index in [1.54, 1.807) is 0 Å². The first-order chi connectivity index (χ1) is 7.68. The van der Waals surface area contributed by atoms with Gasteiger partial charge in [-0.2, -0.15) is 0 Å². The molecule has 1 heterocycles. The molecule has 0 saturated carbocycles. The second-order valence-corrected chi connectivity index (χ2v) is 5.28. The second kappa shape index (κ2) is 5.30. The Hall–Kier alpha value is -0.380. The van der Waals surface area contributed by atoms with E-state index in [0.717, 1.165) is 4.47 Å². The van der Waals surface area contributed by atoms with Crippen LogP contribution in [0.5, 0.6) is 0 Å². The van der Waals surface area contributed by atoms with E-state index in [9.17, 15) is 0 Å². The molecule has 1 aliphatic heterocycles. The van der Waals surface area contributed by atoms with Crippen molar-refractivity contribution in [1.82, 2.24) is 0 Å². The summed E-state index contributed by atoms with van der Waals surface area (Å²) in [6.45, 7) is 6.48. The van der Waals surface area contributed by atoms with E-state index in [-0.39, 0.29) is 6.10 Å². The maximum atomic E-state index is 5.75. The number of hydrogen-bond acceptors (Lipinski definition) is 2. The molecule has 0 bridgehead atoms. The van der Waals surface area contributed by atoms with Crippen molar-refractivity contribution in [3.05, 3.63) is 33.8 Å². The highest BCUT2D eigenvalue weighted by Gasteiger charge is 2.20. The summed E-state index contributed by atoms with van der Waals surface area (Å²) >= 11 is 3.52. The molecule has 88 valence electrons. The molecular formula is C13H17BrO2. The molecule has 1 aliphatic rings. The highest BCUT2D eigenvalue weighted by Crippen LogP contribution is 2.31. The summed E-state index contributed by atoms with van der Waals surface area (Å²) < 4.78 is 12.3. The zero-order valence-electron chi connectivity index (χ0n) is 9.70. The zero-order valence-corrected chi connectivity index (χ0v) is 11.3. The minimum Gasteiger partial charge on any atom is -0.376 e. The molecule has 0 radical (unpaired) electrons. The van der Waals surface area contributed by atoms with Crippen molar-refractivity contribution in [2.45, 2.75) is 25.9 Å². The van der Waals surface area contributed by atoms with Gasteiger partial charge in [-0.05, 0) is 29.2 Å². The highest BCUT2D eigenvalue weighted by atomic mass is 79.9. The SMILES string of the molecule is CC(C)c1cc(Br)ccc1C1COCCO1. The van der Waals surface area contributed by atoms with Crippen molar-refractivity contribution in [1.29, 1.82) is 0 Å². The number of benzene rings is 1. The third-order valence-electron chi connectivity index (χ3n) is 2.83. The summed E-state index contributed by atoms with van der Waals surface area (Å²) in [5.74, 6) is 0.498. The summed E-state index contributed by atoms with van der Waals surface area (Å²) in [7, 11) is 0. The summed E-state index contributed by atoms with van der Waals surface area (Å²) in [4.78, 5) is 0. The minimum atomic E-state index is 0.0965. The van der Waals surface area contributed by atoms with Gasteiger partial charge in [0.05, 0.1) is 19.8 Å². The molecule has 0 aromatic heterocycles. The van der Waals surface area contributed by atoms with Gasteiger partial charge in [-0.3, -0.25) is 0 Å². The van der Waals surface area contributed by atoms with Gasteiger partial charge in [-0.15, -0.1) is 0 Å². The Kier molecular flexibility index (Phi) is 4.00. The van der Waals surface area contributed by atoms with Crippen LogP contribution in [0.25, 0.3) is 0 Å². The molecule has 1 saturated heterocycles. The van der Waals surface area contributed by atoms with E-state index in [0.29, 0.717) is 25.7 Å². The molecule has 3 heteroatoms.